The van der Waals surface area contributed by atoms with Gasteiger partial charge in [0.15, 0.2) is 0 Å². The number of hydrogen-bond donors (Lipinski definition) is 3. The average Bonchev–Trinajstić information content (AvgIpc) is 2.90. The lowest BCUT2D eigenvalue weighted by molar-refractivity contribution is -0.111. The van der Waals surface area contributed by atoms with E-state index in [1.54, 1.807) is 73.1 Å². The van der Waals surface area contributed by atoms with E-state index in [4.69, 9.17) is 0 Å². The van der Waals surface area contributed by atoms with Gasteiger partial charge in [-0.25, -0.2) is 4.98 Å². The minimum Gasteiger partial charge on any atom is -0.323 e. The Hall–Kier alpha value is -5.11. The van der Waals surface area contributed by atoms with Gasteiger partial charge in [-0.05, 0) is 72.8 Å². The van der Waals surface area contributed by atoms with Crippen LogP contribution in [0.2, 0.25) is 0 Å². The predicted octanol–water partition coefficient (Wildman–Crippen LogP) is 4.77. The van der Waals surface area contributed by atoms with E-state index < -0.39 is 0 Å². The van der Waals surface area contributed by atoms with Gasteiger partial charge in [0.25, 0.3) is 11.8 Å². The number of carbonyl (C=O) groups is 3. The third-order valence-corrected chi connectivity index (χ3v) is 4.92. The standard InChI is InChI=1S/C27H21N5O3/c1-2-25(33)29-22-8-3-6-18(16-22)26(34)30-20-11-13-21(14-12-20)31-27(35)24-10-4-9-23(32-24)19-7-5-15-28-17-19/h2-17H,1H2,(H,29,33)(H,30,34)(H,31,35). The SMILES string of the molecule is C=CC(=O)Nc1cccc(C(=O)Nc2ccc(NC(=O)c3cccc(-c4cccnc4)n3)cc2)c1. The highest BCUT2D eigenvalue weighted by Crippen LogP contribution is 2.19. The number of carbonyl (C=O) groups excluding carboxylic acids is 3. The maximum Gasteiger partial charge on any atom is 0.274 e. The van der Waals surface area contributed by atoms with Crippen molar-refractivity contribution in [1.29, 1.82) is 0 Å². The Labute approximate surface area is 201 Å². The number of rotatable bonds is 7. The number of pyridine rings is 2. The number of hydrogen-bond acceptors (Lipinski definition) is 5. The van der Waals surface area contributed by atoms with E-state index in [1.807, 2.05) is 18.2 Å². The van der Waals surface area contributed by atoms with Crippen molar-refractivity contribution in [2.24, 2.45) is 0 Å². The van der Waals surface area contributed by atoms with Crippen LogP contribution in [0, 0.1) is 0 Å². The molecule has 0 atom stereocenters. The van der Waals surface area contributed by atoms with Crippen LogP contribution in [0.5, 0.6) is 0 Å². The van der Waals surface area contributed by atoms with Crippen molar-refractivity contribution in [2.45, 2.75) is 0 Å². The third-order valence-electron chi connectivity index (χ3n) is 4.92. The van der Waals surface area contributed by atoms with Crippen molar-refractivity contribution < 1.29 is 14.4 Å². The molecule has 0 radical (unpaired) electrons. The molecule has 8 heteroatoms. The monoisotopic (exact) mass is 463 g/mol. The van der Waals surface area contributed by atoms with Gasteiger partial charge in [0.2, 0.25) is 5.91 Å². The molecule has 4 aromatic rings. The quantitative estimate of drug-likeness (QED) is 0.342. The van der Waals surface area contributed by atoms with Crippen molar-refractivity contribution in [3.05, 3.63) is 115 Å². The van der Waals surface area contributed by atoms with E-state index in [9.17, 15) is 14.4 Å². The van der Waals surface area contributed by atoms with E-state index >= 15 is 0 Å². The molecule has 0 aliphatic carbocycles. The summed E-state index contributed by atoms with van der Waals surface area (Å²) in [6.07, 6.45) is 4.51. The molecule has 2 heterocycles. The van der Waals surface area contributed by atoms with Crippen LogP contribution in [0.1, 0.15) is 20.8 Å². The Kier molecular flexibility index (Phi) is 7.03. The van der Waals surface area contributed by atoms with Crippen LogP contribution >= 0.6 is 0 Å². The number of nitrogens with zero attached hydrogens (tertiary/aromatic N) is 2. The largest absolute Gasteiger partial charge is 0.323 e. The van der Waals surface area contributed by atoms with E-state index in [1.165, 1.54) is 0 Å². The van der Waals surface area contributed by atoms with Gasteiger partial charge in [0, 0.05) is 40.6 Å². The molecule has 0 spiro atoms. The van der Waals surface area contributed by atoms with Crippen molar-refractivity contribution >= 4 is 34.8 Å². The number of benzene rings is 2. The lowest BCUT2D eigenvalue weighted by atomic mass is 10.1. The van der Waals surface area contributed by atoms with Gasteiger partial charge in [-0.1, -0.05) is 18.7 Å². The van der Waals surface area contributed by atoms with Crippen LogP contribution < -0.4 is 16.0 Å². The van der Waals surface area contributed by atoms with Crippen LogP contribution in [-0.2, 0) is 4.79 Å². The number of anilines is 3. The topological polar surface area (TPSA) is 113 Å². The third kappa shape index (κ3) is 6.02. The molecule has 8 nitrogen and oxygen atoms in total. The molecule has 0 aliphatic heterocycles. The zero-order valence-corrected chi connectivity index (χ0v) is 18.6. The first-order valence-corrected chi connectivity index (χ1v) is 10.7. The van der Waals surface area contributed by atoms with Gasteiger partial charge in [0.1, 0.15) is 5.69 Å². The second-order valence-corrected chi connectivity index (χ2v) is 7.41. The summed E-state index contributed by atoms with van der Waals surface area (Å²) in [5.41, 5.74) is 3.70. The highest BCUT2D eigenvalue weighted by atomic mass is 16.2. The van der Waals surface area contributed by atoms with E-state index in [0.717, 1.165) is 11.6 Å². The molecule has 2 aromatic carbocycles. The summed E-state index contributed by atoms with van der Waals surface area (Å²) in [7, 11) is 0. The Morgan fingerprint density at radius 2 is 1.46 bits per heavy atom. The molecule has 3 N–H and O–H groups in total. The Morgan fingerprint density at radius 3 is 2.14 bits per heavy atom. The minimum atomic E-state index is -0.362. The first-order valence-electron chi connectivity index (χ1n) is 10.7. The van der Waals surface area contributed by atoms with Crippen molar-refractivity contribution in [2.75, 3.05) is 16.0 Å². The van der Waals surface area contributed by atoms with Gasteiger partial charge >= 0.3 is 0 Å². The first kappa shape index (κ1) is 23.1. The lowest BCUT2D eigenvalue weighted by Crippen LogP contribution is -2.15. The van der Waals surface area contributed by atoms with Crippen LogP contribution in [0.15, 0.2) is 104 Å². The molecule has 0 bridgehead atoms. The van der Waals surface area contributed by atoms with Gasteiger partial charge in [-0.2, -0.15) is 0 Å². The van der Waals surface area contributed by atoms with E-state index in [-0.39, 0.29) is 23.4 Å². The average molecular weight is 463 g/mol. The smallest absolute Gasteiger partial charge is 0.274 e. The summed E-state index contributed by atoms with van der Waals surface area (Å²) in [5.74, 6) is -1.06. The van der Waals surface area contributed by atoms with Crippen LogP contribution in [0.3, 0.4) is 0 Å². The van der Waals surface area contributed by atoms with Crippen LogP contribution in [0.25, 0.3) is 11.3 Å². The number of nitrogens with one attached hydrogen (secondary N) is 3. The molecule has 0 saturated carbocycles. The summed E-state index contributed by atoms with van der Waals surface area (Å²) in [5, 5.41) is 8.21. The van der Waals surface area contributed by atoms with Gasteiger partial charge in [0.05, 0.1) is 5.69 Å². The summed E-state index contributed by atoms with van der Waals surface area (Å²) < 4.78 is 0. The van der Waals surface area contributed by atoms with Crippen molar-refractivity contribution in [3.8, 4) is 11.3 Å². The van der Waals surface area contributed by atoms with E-state index in [0.29, 0.717) is 28.3 Å². The fraction of sp³-hybridized carbons (Fsp3) is 0. The first-order chi connectivity index (χ1) is 17.0. The van der Waals surface area contributed by atoms with Crippen molar-refractivity contribution in [3.63, 3.8) is 0 Å². The summed E-state index contributed by atoms with van der Waals surface area (Å²) in [6.45, 7) is 3.41. The Bertz CT molecular complexity index is 1390. The summed E-state index contributed by atoms with van der Waals surface area (Å²) in [6, 6.07) is 22.2. The molecule has 4 rings (SSSR count). The summed E-state index contributed by atoms with van der Waals surface area (Å²) in [4.78, 5) is 45.2. The normalized spacial score (nSPS) is 10.2. The zero-order valence-electron chi connectivity index (χ0n) is 18.6. The second-order valence-electron chi connectivity index (χ2n) is 7.41. The van der Waals surface area contributed by atoms with Crippen LogP contribution in [-0.4, -0.2) is 27.7 Å². The molecule has 172 valence electrons. The molecular formula is C27H21N5O3. The zero-order chi connectivity index (χ0) is 24.6. The molecule has 0 saturated heterocycles. The van der Waals surface area contributed by atoms with Gasteiger partial charge < -0.3 is 16.0 Å². The van der Waals surface area contributed by atoms with Gasteiger partial charge in [-0.15, -0.1) is 0 Å². The highest BCUT2D eigenvalue weighted by molar-refractivity contribution is 6.06. The maximum absolute atomic E-state index is 12.7. The predicted molar refractivity (Wildman–Crippen MR) is 135 cm³/mol. The molecular weight excluding hydrogens is 442 g/mol. The molecule has 0 aliphatic rings. The van der Waals surface area contributed by atoms with Gasteiger partial charge in [-0.3, -0.25) is 19.4 Å². The molecule has 0 unspecified atom stereocenters. The highest BCUT2D eigenvalue weighted by Gasteiger charge is 2.11. The molecule has 0 fully saturated rings. The second kappa shape index (κ2) is 10.7. The minimum absolute atomic E-state index is 0.271. The van der Waals surface area contributed by atoms with E-state index in [2.05, 4.69) is 32.5 Å². The lowest BCUT2D eigenvalue weighted by Gasteiger charge is -2.09. The van der Waals surface area contributed by atoms with Crippen molar-refractivity contribution in [1.82, 2.24) is 9.97 Å². The Balaban J connectivity index is 1.39. The number of amides is 3. The summed E-state index contributed by atoms with van der Waals surface area (Å²) >= 11 is 0. The molecule has 3 amide bonds. The fourth-order valence-electron chi connectivity index (χ4n) is 3.20. The fourth-order valence-corrected chi connectivity index (χ4v) is 3.20. The molecule has 2 aromatic heterocycles. The van der Waals surface area contributed by atoms with Crippen LogP contribution in [0.4, 0.5) is 17.1 Å². The number of aromatic nitrogens is 2. The Morgan fingerprint density at radius 1 is 0.743 bits per heavy atom. The maximum atomic E-state index is 12.7. The molecule has 35 heavy (non-hydrogen) atoms.